The van der Waals surface area contributed by atoms with E-state index in [-0.39, 0.29) is 33.6 Å². The second-order valence-corrected chi connectivity index (χ2v) is 10.8. The van der Waals surface area contributed by atoms with Crippen LogP contribution in [0.5, 0.6) is 0 Å². The molecule has 0 radical (unpaired) electrons. The quantitative estimate of drug-likeness (QED) is 0.110. The number of hydrogen-bond donors (Lipinski definition) is 2. The van der Waals surface area contributed by atoms with Gasteiger partial charge >= 0.3 is 5.97 Å². The number of carbonyl (C=O) groups excluding carboxylic acids is 5. The number of esters is 1. The predicted octanol–water partition coefficient (Wildman–Crippen LogP) is 2.25. The molecule has 12 nitrogen and oxygen atoms in total. The molecule has 2 aliphatic rings. The number of thioether (sulfide) groups is 1. The van der Waals surface area contributed by atoms with Gasteiger partial charge in [0.15, 0.2) is 16.9 Å². The molecule has 5 rings (SSSR count). The van der Waals surface area contributed by atoms with Gasteiger partial charge in [-0.15, -0.1) is 23.1 Å². The average molecular weight is 606 g/mol. The molecule has 3 aromatic rings. The first-order valence-corrected chi connectivity index (χ1v) is 14.4. The number of nitrogens with one attached hydrogen (secondary N) is 2. The second-order valence-electron chi connectivity index (χ2n) is 8.88. The standard InChI is InChI=1S/C28H23N5O7S2/c1-39-32-20(19-14-42-28(30-19)29-15-35)24(36)31-21-25(37)33-22(18(12-34)13-41-26(21)33)27(38)40-23(16-8-4-2-5-9-16)17-10-6-3-7-11-17/h2-12,14-15,21,23,26H,13H2,1H3,(H,31,36)(H,29,30,35)/b32-20-/t21?,26-/m1/s1. The number of aldehydes is 1. The van der Waals surface area contributed by atoms with Crippen molar-refractivity contribution in [3.8, 4) is 0 Å². The van der Waals surface area contributed by atoms with Crippen molar-refractivity contribution < 1.29 is 33.5 Å². The molecule has 0 spiro atoms. The first kappa shape index (κ1) is 28.7. The molecular formula is C28H23N5O7S2. The lowest BCUT2D eigenvalue weighted by molar-refractivity contribution is -0.154. The Kier molecular flexibility index (Phi) is 8.74. The van der Waals surface area contributed by atoms with E-state index in [1.54, 1.807) is 0 Å². The minimum Gasteiger partial charge on any atom is -0.448 e. The third kappa shape index (κ3) is 5.66. The highest BCUT2D eigenvalue weighted by molar-refractivity contribution is 8.00. The van der Waals surface area contributed by atoms with E-state index in [4.69, 9.17) is 9.57 Å². The molecule has 1 fully saturated rings. The summed E-state index contributed by atoms with van der Waals surface area (Å²) in [6.07, 6.45) is 0.198. The number of nitrogens with zero attached hydrogens (tertiary/aromatic N) is 3. The molecule has 0 saturated carbocycles. The number of benzene rings is 2. The van der Waals surface area contributed by atoms with Crippen LogP contribution < -0.4 is 10.6 Å². The number of rotatable bonds is 11. The SMILES string of the molecule is CO/N=C(\C(=O)NC1C(=O)N2C(C(=O)OC(c3ccccc3)c3ccccc3)=C(C=O)CS[C@H]12)c1csc(NC=O)n1. The third-order valence-corrected chi connectivity index (χ3v) is 8.45. The molecule has 1 aromatic heterocycles. The van der Waals surface area contributed by atoms with Crippen molar-refractivity contribution in [3.63, 3.8) is 0 Å². The lowest BCUT2D eigenvalue weighted by atomic mass is 10.0. The summed E-state index contributed by atoms with van der Waals surface area (Å²) < 4.78 is 5.94. The molecule has 0 bridgehead atoms. The molecule has 1 saturated heterocycles. The largest absolute Gasteiger partial charge is 0.448 e. The summed E-state index contributed by atoms with van der Waals surface area (Å²) in [7, 11) is 1.25. The van der Waals surface area contributed by atoms with Crippen molar-refractivity contribution in [2.24, 2.45) is 5.16 Å². The van der Waals surface area contributed by atoms with Crippen LogP contribution in [0.3, 0.4) is 0 Å². The molecule has 0 aliphatic carbocycles. The number of ether oxygens (including phenoxy) is 1. The molecule has 2 aliphatic heterocycles. The van der Waals surface area contributed by atoms with Crippen molar-refractivity contribution in [1.82, 2.24) is 15.2 Å². The van der Waals surface area contributed by atoms with Crippen LogP contribution in [0.2, 0.25) is 0 Å². The van der Waals surface area contributed by atoms with Gasteiger partial charge in [-0.25, -0.2) is 9.78 Å². The molecule has 14 heteroatoms. The van der Waals surface area contributed by atoms with Gasteiger partial charge in [0.05, 0.1) is 0 Å². The van der Waals surface area contributed by atoms with E-state index in [9.17, 15) is 24.0 Å². The van der Waals surface area contributed by atoms with Crippen LogP contribution in [0.15, 0.2) is 82.5 Å². The second kappa shape index (κ2) is 12.8. The zero-order valence-corrected chi connectivity index (χ0v) is 23.6. The first-order valence-electron chi connectivity index (χ1n) is 12.5. The van der Waals surface area contributed by atoms with Crippen LogP contribution in [0.1, 0.15) is 22.9 Å². The Morgan fingerprint density at radius 1 is 1.10 bits per heavy atom. The minimum absolute atomic E-state index is 0.110. The molecule has 2 N–H and O–H groups in total. The summed E-state index contributed by atoms with van der Waals surface area (Å²) in [5, 5.41) is 9.81. The number of thiazole rings is 1. The Labute approximate surface area is 247 Å². The van der Waals surface area contributed by atoms with Gasteiger partial charge in [-0.05, 0) is 11.1 Å². The average Bonchev–Trinajstić information content (AvgIpc) is 3.49. The van der Waals surface area contributed by atoms with Crippen LogP contribution in [0.4, 0.5) is 5.13 Å². The van der Waals surface area contributed by atoms with Crippen LogP contribution in [0.25, 0.3) is 0 Å². The monoisotopic (exact) mass is 605 g/mol. The Morgan fingerprint density at radius 3 is 2.36 bits per heavy atom. The summed E-state index contributed by atoms with van der Waals surface area (Å²) in [5.41, 5.74) is 1.30. The van der Waals surface area contributed by atoms with E-state index in [1.807, 2.05) is 60.7 Å². The van der Waals surface area contributed by atoms with Gasteiger partial charge in [0.1, 0.15) is 36.2 Å². The van der Waals surface area contributed by atoms with Crippen LogP contribution in [-0.4, -0.2) is 70.4 Å². The Bertz CT molecular complexity index is 1540. The maximum atomic E-state index is 13.6. The normalized spacial score (nSPS) is 18.1. The fraction of sp³-hybridized carbons (Fsp3) is 0.179. The molecule has 1 unspecified atom stereocenters. The van der Waals surface area contributed by atoms with Gasteiger partial charge in [-0.3, -0.25) is 24.1 Å². The summed E-state index contributed by atoms with van der Waals surface area (Å²) in [6, 6.07) is 17.2. The van der Waals surface area contributed by atoms with Gasteiger partial charge < -0.3 is 20.2 Å². The lowest BCUT2D eigenvalue weighted by Crippen LogP contribution is -2.71. The number of carbonyl (C=O) groups is 5. The summed E-state index contributed by atoms with van der Waals surface area (Å²) in [5.74, 6) is -2.05. The Balaban J connectivity index is 1.36. The summed E-state index contributed by atoms with van der Waals surface area (Å²) >= 11 is 2.29. The molecule has 214 valence electrons. The van der Waals surface area contributed by atoms with Gasteiger partial charge in [0, 0.05) is 16.7 Å². The van der Waals surface area contributed by atoms with Crippen molar-refractivity contribution in [3.05, 3.63) is 94.1 Å². The zero-order chi connectivity index (χ0) is 29.6. The highest BCUT2D eigenvalue weighted by Crippen LogP contribution is 2.41. The summed E-state index contributed by atoms with van der Waals surface area (Å²) in [6.45, 7) is 0. The van der Waals surface area contributed by atoms with E-state index in [1.165, 1.54) is 29.2 Å². The summed E-state index contributed by atoms with van der Waals surface area (Å²) in [4.78, 5) is 72.9. The molecule has 42 heavy (non-hydrogen) atoms. The number of β-lactam (4-membered cyclic amide) rings is 1. The number of oxime groups is 1. The van der Waals surface area contributed by atoms with E-state index in [0.29, 0.717) is 23.8 Å². The maximum absolute atomic E-state index is 13.6. The molecular weight excluding hydrogens is 582 g/mol. The number of anilines is 1. The Morgan fingerprint density at radius 2 is 1.76 bits per heavy atom. The van der Waals surface area contributed by atoms with E-state index >= 15 is 0 Å². The topological polar surface area (TPSA) is 156 Å². The van der Waals surface area contributed by atoms with Gasteiger partial charge in [0.25, 0.3) is 11.8 Å². The van der Waals surface area contributed by atoms with E-state index in [0.717, 1.165) is 11.3 Å². The predicted molar refractivity (Wildman–Crippen MR) is 154 cm³/mol. The lowest BCUT2D eigenvalue weighted by Gasteiger charge is -2.49. The molecule has 3 heterocycles. The van der Waals surface area contributed by atoms with Gasteiger partial charge in [-0.2, -0.15) is 0 Å². The molecule has 2 aromatic carbocycles. The number of fused-ring (bicyclic) bond motifs is 1. The fourth-order valence-corrected chi connectivity index (χ4v) is 6.42. The highest BCUT2D eigenvalue weighted by Gasteiger charge is 2.55. The van der Waals surface area contributed by atoms with Crippen LogP contribution in [0, 0.1) is 0 Å². The third-order valence-electron chi connectivity index (χ3n) is 6.38. The van der Waals surface area contributed by atoms with Gasteiger partial charge in [0.2, 0.25) is 6.41 Å². The fourth-order valence-electron chi connectivity index (χ4n) is 4.47. The Hall–Kier alpha value is -4.82. The highest BCUT2D eigenvalue weighted by atomic mass is 32.2. The van der Waals surface area contributed by atoms with E-state index < -0.39 is 35.3 Å². The number of amides is 3. The first-order chi connectivity index (χ1) is 20.5. The van der Waals surface area contributed by atoms with Crippen molar-refractivity contribution in [2.75, 3.05) is 18.2 Å². The maximum Gasteiger partial charge on any atom is 0.356 e. The number of hydrogen-bond acceptors (Lipinski definition) is 11. The minimum atomic E-state index is -1.02. The van der Waals surface area contributed by atoms with Crippen molar-refractivity contribution in [2.45, 2.75) is 17.5 Å². The molecule has 2 atom stereocenters. The van der Waals surface area contributed by atoms with Crippen molar-refractivity contribution in [1.29, 1.82) is 0 Å². The zero-order valence-electron chi connectivity index (χ0n) is 22.0. The van der Waals surface area contributed by atoms with Gasteiger partial charge in [-0.1, -0.05) is 65.8 Å². The van der Waals surface area contributed by atoms with Crippen LogP contribution >= 0.6 is 23.1 Å². The molecule has 3 amide bonds. The smallest absolute Gasteiger partial charge is 0.356 e. The van der Waals surface area contributed by atoms with E-state index in [2.05, 4.69) is 20.8 Å². The number of aromatic nitrogens is 1. The van der Waals surface area contributed by atoms with Crippen molar-refractivity contribution >= 4 is 64.4 Å². The van der Waals surface area contributed by atoms with Crippen LogP contribution in [-0.2, 0) is 33.5 Å².